The highest BCUT2D eigenvalue weighted by molar-refractivity contribution is 5.91. The van der Waals surface area contributed by atoms with Gasteiger partial charge in [-0.05, 0) is 70.7 Å². The van der Waals surface area contributed by atoms with E-state index in [1.807, 2.05) is 20.8 Å². The molecule has 5 heteroatoms. The summed E-state index contributed by atoms with van der Waals surface area (Å²) in [5, 5.41) is 20.8. The second-order valence-electron chi connectivity index (χ2n) is 7.59. The van der Waals surface area contributed by atoms with Gasteiger partial charge in [0.1, 0.15) is 23.2 Å². The number of benzene rings is 1. The third-order valence-electron chi connectivity index (χ3n) is 5.06. The van der Waals surface area contributed by atoms with Crippen molar-refractivity contribution in [3.63, 3.8) is 0 Å². The number of phenols is 1. The van der Waals surface area contributed by atoms with Gasteiger partial charge in [-0.1, -0.05) is 11.6 Å². The Bertz CT molecular complexity index is 760. The molecule has 140 valence electrons. The van der Waals surface area contributed by atoms with Crippen LogP contribution in [0.15, 0.2) is 41.5 Å². The fraction of sp³-hybridized carbons (Fsp3) is 0.476. The summed E-state index contributed by atoms with van der Waals surface area (Å²) < 4.78 is 11.4. The molecule has 0 aromatic heterocycles. The predicted molar refractivity (Wildman–Crippen MR) is 98.0 cm³/mol. The molecule has 1 aromatic rings. The van der Waals surface area contributed by atoms with Crippen molar-refractivity contribution in [3.05, 3.63) is 47.1 Å². The lowest BCUT2D eigenvalue weighted by molar-refractivity contribution is -0.140. The van der Waals surface area contributed by atoms with Crippen LogP contribution in [0.3, 0.4) is 0 Å². The first-order valence-electron chi connectivity index (χ1n) is 9.03. The van der Waals surface area contributed by atoms with Crippen LogP contribution in [-0.4, -0.2) is 27.9 Å². The summed E-state index contributed by atoms with van der Waals surface area (Å²) in [6, 6.07) is 4.85. The number of aromatic hydroxyl groups is 1. The minimum absolute atomic E-state index is 0.0473. The smallest absolute Gasteiger partial charge is 0.334 e. The Kier molecular flexibility index (Phi) is 5.10. The largest absolute Gasteiger partial charge is 0.508 e. The van der Waals surface area contributed by atoms with Crippen LogP contribution >= 0.6 is 0 Å². The number of rotatable bonds is 0. The topological polar surface area (TPSA) is 76.0 Å². The van der Waals surface area contributed by atoms with Crippen LogP contribution < -0.4 is 4.74 Å². The van der Waals surface area contributed by atoms with Gasteiger partial charge in [0.2, 0.25) is 0 Å². The highest BCUT2D eigenvalue weighted by atomic mass is 16.5. The van der Waals surface area contributed by atoms with E-state index in [1.165, 1.54) is 11.6 Å². The molecule has 0 unspecified atom stereocenters. The predicted octanol–water partition coefficient (Wildman–Crippen LogP) is 3.96. The summed E-state index contributed by atoms with van der Waals surface area (Å²) in [6.07, 6.45) is 5.30. The molecule has 1 aromatic carbocycles. The summed E-state index contributed by atoms with van der Waals surface area (Å²) >= 11 is 0. The molecule has 2 N–H and O–H groups in total. The Balaban J connectivity index is 1.98. The van der Waals surface area contributed by atoms with E-state index in [-0.39, 0.29) is 11.7 Å². The van der Waals surface area contributed by atoms with E-state index in [1.54, 1.807) is 18.2 Å². The van der Waals surface area contributed by atoms with Crippen LogP contribution in [0.4, 0.5) is 0 Å². The molecule has 0 aliphatic carbocycles. The molecule has 2 heterocycles. The van der Waals surface area contributed by atoms with Crippen LogP contribution in [-0.2, 0) is 9.53 Å². The number of allylic oxidation sites excluding steroid dienone is 2. The molecule has 0 fully saturated rings. The van der Waals surface area contributed by atoms with Crippen LogP contribution in [0.5, 0.6) is 11.5 Å². The first-order valence-corrected chi connectivity index (χ1v) is 9.03. The molecule has 0 saturated heterocycles. The molecule has 0 amide bonds. The van der Waals surface area contributed by atoms with Crippen molar-refractivity contribution in [2.75, 3.05) is 0 Å². The van der Waals surface area contributed by atoms with Gasteiger partial charge in [0.25, 0.3) is 0 Å². The zero-order chi connectivity index (χ0) is 18.9. The molecule has 2 aliphatic heterocycles. The monoisotopic (exact) mass is 358 g/mol. The van der Waals surface area contributed by atoms with Crippen LogP contribution in [0, 0.1) is 0 Å². The number of fused-ring (bicyclic) bond motifs is 4. The Morgan fingerprint density at radius 3 is 2.77 bits per heavy atom. The van der Waals surface area contributed by atoms with Gasteiger partial charge < -0.3 is 19.7 Å². The Morgan fingerprint density at radius 1 is 1.23 bits per heavy atom. The van der Waals surface area contributed by atoms with Gasteiger partial charge in [0, 0.05) is 11.1 Å². The molecular formula is C21H26O5. The van der Waals surface area contributed by atoms with Gasteiger partial charge in [-0.3, -0.25) is 0 Å². The maximum Gasteiger partial charge on any atom is 0.334 e. The van der Waals surface area contributed by atoms with E-state index < -0.39 is 17.8 Å². The first-order chi connectivity index (χ1) is 12.3. The highest BCUT2D eigenvalue weighted by Gasteiger charge is 2.32. The fourth-order valence-electron chi connectivity index (χ4n) is 3.30. The number of hydrogen-bond donors (Lipinski definition) is 2. The molecule has 4 bridgehead atoms. The second kappa shape index (κ2) is 7.16. The van der Waals surface area contributed by atoms with Gasteiger partial charge in [-0.2, -0.15) is 0 Å². The third-order valence-corrected chi connectivity index (χ3v) is 5.06. The Morgan fingerprint density at radius 2 is 2.00 bits per heavy atom. The van der Waals surface area contributed by atoms with Crippen LogP contribution in [0.2, 0.25) is 0 Å². The fourth-order valence-corrected chi connectivity index (χ4v) is 3.30. The van der Waals surface area contributed by atoms with Crippen molar-refractivity contribution in [1.29, 1.82) is 0 Å². The number of carbonyl (C=O) groups excluding carboxylic acids is 1. The maximum absolute atomic E-state index is 12.1. The first kappa shape index (κ1) is 18.5. The number of ether oxygens (including phenoxy) is 2. The molecule has 0 spiro atoms. The van der Waals surface area contributed by atoms with E-state index in [2.05, 4.69) is 6.08 Å². The van der Waals surface area contributed by atoms with Crippen LogP contribution in [0.25, 0.3) is 0 Å². The third kappa shape index (κ3) is 3.93. The van der Waals surface area contributed by atoms with Crippen molar-refractivity contribution in [3.8, 4) is 11.5 Å². The Labute approximate surface area is 153 Å². The molecule has 26 heavy (non-hydrogen) atoms. The van der Waals surface area contributed by atoms with Gasteiger partial charge in [-0.25, -0.2) is 4.79 Å². The average Bonchev–Trinajstić information content (AvgIpc) is 2.94. The van der Waals surface area contributed by atoms with Crippen molar-refractivity contribution in [2.24, 2.45) is 0 Å². The second-order valence-corrected chi connectivity index (χ2v) is 7.59. The van der Waals surface area contributed by atoms with E-state index in [4.69, 9.17) is 9.47 Å². The number of carbonyl (C=O) groups is 1. The van der Waals surface area contributed by atoms with Crippen LogP contribution in [0.1, 0.15) is 58.1 Å². The molecule has 2 aliphatic rings. The molecule has 2 atom stereocenters. The lowest BCUT2D eigenvalue weighted by Crippen LogP contribution is -2.42. The minimum atomic E-state index is -0.790. The summed E-state index contributed by atoms with van der Waals surface area (Å²) in [5.74, 6) is 0.225. The molecular weight excluding hydrogens is 332 g/mol. The number of esters is 1. The summed E-state index contributed by atoms with van der Waals surface area (Å²) in [5.41, 5.74) is 1.50. The number of aliphatic hydroxyl groups is 1. The maximum atomic E-state index is 12.1. The van der Waals surface area contributed by atoms with Gasteiger partial charge in [-0.15, -0.1) is 0 Å². The minimum Gasteiger partial charge on any atom is -0.508 e. The molecule has 0 radical (unpaired) electrons. The number of aliphatic hydroxyl groups excluding tert-OH is 1. The van der Waals surface area contributed by atoms with Crippen molar-refractivity contribution in [2.45, 2.75) is 64.3 Å². The van der Waals surface area contributed by atoms with Crippen molar-refractivity contribution < 1.29 is 24.5 Å². The summed E-state index contributed by atoms with van der Waals surface area (Å²) in [4.78, 5) is 12.1. The summed E-state index contributed by atoms with van der Waals surface area (Å²) in [7, 11) is 0. The Hall–Kier alpha value is -2.27. The van der Waals surface area contributed by atoms with E-state index in [0.717, 1.165) is 12.8 Å². The van der Waals surface area contributed by atoms with E-state index in [9.17, 15) is 15.0 Å². The van der Waals surface area contributed by atoms with E-state index >= 15 is 0 Å². The molecule has 0 saturated carbocycles. The number of phenolic OH excluding ortho intramolecular Hbond substituents is 1. The molecule has 5 nitrogen and oxygen atoms in total. The zero-order valence-electron chi connectivity index (χ0n) is 15.5. The normalized spacial score (nSPS) is 27.9. The highest BCUT2D eigenvalue weighted by Crippen LogP contribution is 2.38. The average molecular weight is 358 g/mol. The lowest BCUT2D eigenvalue weighted by atomic mass is 9.95. The molecule has 3 rings (SSSR count). The quantitative estimate of drug-likeness (QED) is 0.542. The zero-order valence-corrected chi connectivity index (χ0v) is 15.5. The van der Waals surface area contributed by atoms with Crippen molar-refractivity contribution in [1.82, 2.24) is 0 Å². The van der Waals surface area contributed by atoms with E-state index in [0.29, 0.717) is 29.7 Å². The van der Waals surface area contributed by atoms with Gasteiger partial charge >= 0.3 is 5.97 Å². The van der Waals surface area contributed by atoms with Crippen molar-refractivity contribution >= 4 is 5.97 Å². The summed E-state index contributed by atoms with van der Waals surface area (Å²) in [6.45, 7) is 5.72. The SMILES string of the molecule is C/C1=C\CCC2=C[C@H](OC2=O)c2cc(ccc2O)OC(C)(C)[C@@H](O)CC1. The number of hydrogen-bond acceptors (Lipinski definition) is 5. The standard InChI is InChI=1S/C21H26O5/c1-13-5-4-6-14-11-18(25-20(14)24)16-12-15(8-9-17(16)22)26-21(2,3)19(23)10-7-13/h5,8-9,11-12,18-19,22-23H,4,6-7,10H2,1-3H3/b13-5+/t18-,19-/m0/s1. The van der Waals surface area contributed by atoms with Gasteiger partial charge in [0.05, 0.1) is 6.10 Å². The lowest BCUT2D eigenvalue weighted by Gasteiger charge is -2.32. The van der Waals surface area contributed by atoms with Gasteiger partial charge in [0.15, 0.2) is 0 Å².